The van der Waals surface area contributed by atoms with Crippen LogP contribution in [0.2, 0.25) is 0 Å². The summed E-state index contributed by atoms with van der Waals surface area (Å²) < 4.78 is 0. The lowest BCUT2D eigenvalue weighted by molar-refractivity contribution is -0.137. The number of hydrogen-bond acceptors (Lipinski definition) is 5. The second-order valence-corrected chi connectivity index (χ2v) is 4.84. The third kappa shape index (κ3) is 2.14. The quantitative estimate of drug-likeness (QED) is 0.830. The highest BCUT2D eigenvalue weighted by atomic mass is 16.4. The van der Waals surface area contributed by atoms with Crippen LogP contribution in [0.5, 0.6) is 0 Å². The normalized spacial score (nSPS) is 19.9. The Morgan fingerprint density at radius 2 is 2.19 bits per heavy atom. The molecule has 1 aliphatic carbocycles. The van der Waals surface area contributed by atoms with Crippen LogP contribution in [-0.2, 0) is 9.59 Å². The van der Waals surface area contributed by atoms with Gasteiger partial charge in [-0.3, -0.25) is 19.4 Å². The fraction of sp³-hybridized carbons (Fsp3) is 0.200. The molecule has 0 saturated carbocycles. The molecular weight excluding hydrogens is 272 g/mol. The van der Waals surface area contributed by atoms with Crippen LogP contribution in [0, 0.1) is 0 Å². The van der Waals surface area contributed by atoms with Crippen molar-refractivity contribution in [3.8, 4) is 0 Å². The van der Waals surface area contributed by atoms with Crippen molar-refractivity contribution in [1.29, 1.82) is 0 Å². The van der Waals surface area contributed by atoms with Gasteiger partial charge in [-0.2, -0.15) is 0 Å². The van der Waals surface area contributed by atoms with Gasteiger partial charge in [0, 0.05) is 24.5 Å². The second kappa shape index (κ2) is 4.97. The molecule has 21 heavy (non-hydrogen) atoms. The van der Waals surface area contributed by atoms with Crippen molar-refractivity contribution in [3.63, 3.8) is 0 Å². The average Bonchev–Trinajstić information content (AvgIpc) is 2.50. The van der Waals surface area contributed by atoms with Crippen molar-refractivity contribution >= 4 is 23.1 Å². The van der Waals surface area contributed by atoms with E-state index in [0.717, 1.165) is 0 Å². The second-order valence-electron chi connectivity index (χ2n) is 4.84. The van der Waals surface area contributed by atoms with Gasteiger partial charge in [0.2, 0.25) is 11.6 Å². The maximum atomic E-state index is 12.3. The Morgan fingerprint density at radius 3 is 2.95 bits per heavy atom. The predicted molar refractivity (Wildman–Crippen MR) is 73.4 cm³/mol. The highest BCUT2D eigenvalue weighted by Crippen LogP contribution is 2.33. The number of aliphatic carboxylic acids is 1. The number of carbonyl (C=O) groups is 3. The van der Waals surface area contributed by atoms with E-state index in [1.165, 1.54) is 6.20 Å². The van der Waals surface area contributed by atoms with Gasteiger partial charge in [-0.15, -0.1) is 0 Å². The Labute approximate surface area is 120 Å². The van der Waals surface area contributed by atoms with E-state index in [2.05, 4.69) is 4.98 Å². The number of fused-ring (bicyclic) bond motifs is 3. The number of nitrogens with zero attached hydrogens (tertiary/aromatic N) is 2. The summed E-state index contributed by atoms with van der Waals surface area (Å²) in [7, 11) is 0. The summed E-state index contributed by atoms with van der Waals surface area (Å²) in [6.07, 6.45) is 6.53. The highest BCUT2D eigenvalue weighted by molar-refractivity contribution is 6.49. The minimum atomic E-state index is -0.948. The SMILES string of the molecule is O=C(O)CCN1C=CC=C2c3cccnc3C(=O)C(=O)C21. The van der Waals surface area contributed by atoms with E-state index in [0.29, 0.717) is 11.1 Å². The molecule has 0 bridgehead atoms. The first-order chi connectivity index (χ1) is 10.1. The molecule has 0 saturated heterocycles. The number of pyridine rings is 1. The average molecular weight is 284 g/mol. The topological polar surface area (TPSA) is 87.6 Å². The molecule has 0 spiro atoms. The smallest absolute Gasteiger partial charge is 0.305 e. The zero-order chi connectivity index (χ0) is 15.0. The first kappa shape index (κ1) is 13.2. The molecule has 1 aromatic rings. The Balaban J connectivity index is 2.02. The summed E-state index contributed by atoms with van der Waals surface area (Å²) in [5, 5.41) is 8.79. The van der Waals surface area contributed by atoms with E-state index >= 15 is 0 Å². The third-order valence-electron chi connectivity index (χ3n) is 3.57. The van der Waals surface area contributed by atoms with Crippen LogP contribution in [0.15, 0.2) is 36.7 Å². The summed E-state index contributed by atoms with van der Waals surface area (Å²) in [5.41, 5.74) is 1.49. The van der Waals surface area contributed by atoms with Crippen molar-refractivity contribution in [2.45, 2.75) is 12.5 Å². The predicted octanol–water partition coefficient (Wildman–Crippen LogP) is 0.903. The van der Waals surface area contributed by atoms with Gasteiger partial charge in [0.15, 0.2) is 0 Å². The van der Waals surface area contributed by atoms with Crippen LogP contribution in [0.25, 0.3) is 5.57 Å². The Hall–Kier alpha value is -2.76. The van der Waals surface area contributed by atoms with Crippen LogP contribution in [0.4, 0.5) is 0 Å². The zero-order valence-corrected chi connectivity index (χ0v) is 11.0. The number of aromatic nitrogens is 1. The van der Waals surface area contributed by atoms with Crippen molar-refractivity contribution in [1.82, 2.24) is 9.88 Å². The van der Waals surface area contributed by atoms with Gasteiger partial charge in [-0.05, 0) is 17.7 Å². The molecule has 2 aliphatic rings. The number of ketones is 2. The lowest BCUT2D eigenvalue weighted by atomic mass is 9.82. The summed E-state index contributed by atoms with van der Waals surface area (Å²) in [5.74, 6) is -2.14. The van der Waals surface area contributed by atoms with Gasteiger partial charge >= 0.3 is 5.97 Å². The number of allylic oxidation sites excluding steroid dienone is 2. The monoisotopic (exact) mass is 284 g/mol. The van der Waals surface area contributed by atoms with Crippen molar-refractivity contribution in [2.75, 3.05) is 6.54 Å². The molecule has 0 amide bonds. The Bertz CT molecular complexity index is 705. The third-order valence-corrected chi connectivity index (χ3v) is 3.57. The minimum Gasteiger partial charge on any atom is -0.481 e. The van der Waals surface area contributed by atoms with Gasteiger partial charge in [0.25, 0.3) is 0 Å². The van der Waals surface area contributed by atoms with Crippen LogP contribution in [-0.4, -0.2) is 45.1 Å². The fourth-order valence-electron chi connectivity index (χ4n) is 2.63. The number of carboxylic acids is 1. The lowest BCUT2D eigenvalue weighted by Crippen LogP contribution is -2.47. The molecule has 106 valence electrons. The van der Waals surface area contributed by atoms with Crippen molar-refractivity contribution in [3.05, 3.63) is 47.9 Å². The zero-order valence-electron chi connectivity index (χ0n) is 11.0. The minimum absolute atomic E-state index is 0.102. The van der Waals surface area contributed by atoms with Gasteiger partial charge in [-0.25, -0.2) is 0 Å². The molecule has 1 aromatic heterocycles. The first-order valence-corrected chi connectivity index (χ1v) is 6.49. The number of hydrogen-bond donors (Lipinski definition) is 1. The van der Waals surface area contributed by atoms with Gasteiger partial charge in [-0.1, -0.05) is 12.1 Å². The molecule has 6 nitrogen and oxygen atoms in total. The van der Waals surface area contributed by atoms with Gasteiger partial charge in [0.05, 0.1) is 6.42 Å². The first-order valence-electron chi connectivity index (χ1n) is 6.49. The standard InChI is InChI=1S/C15H12N2O4/c18-11(19)5-8-17-7-2-4-10-9-3-1-6-16-12(9)14(20)15(21)13(10)17/h1-4,6-7,13H,5,8H2,(H,18,19). The molecule has 2 heterocycles. The number of carboxylic acid groups (broad SMARTS) is 1. The molecule has 0 aromatic carbocycles. The maximum Gasteiger partial charge on any atom is 0.305 e. The van der Waals surface area contributed by atoms with E-state index in [9.17, 15) is 14.4 Å². The largest absolute Gasteiger partial charge is 0.481 e. The molecule has 1 unspecified atom stereocenters. The van der Waals surface area contributed by atoms with E-state index in [1.807, 2.05) is 0 Å². The lowest BCUT2D eigenvalue weighted by Gasteiger charge is -2.35. The van der Waals surface area contributed by atoms with E-state index in [1.54, 1.807) is 35.4 Å². The summed E-state index contributed by atoms with van der Waals surface area (Å²) >= 11 is 0. The molecule has 3 rings (SSSR count). The van der Waals surface area contributed by atoms with E-state index < -0.39 is 23.6 Å². The molecular formula is C15H12N2O4. The Morgan fingerprint density at radius 1 is 1.38 bits per heavy atom. The number of rotatable bonds is 3. The molecule has 1 atom stereocenters. The van der Waals surface area contributed by atoms with Crippen LogP contribution in [0.1, 0.15) is 22.5 Å². The van der Waals surface area contributed by atoms with Gasteiger partial charge < -0.3 is 10.0 Å². The molecule has 6 heteroatoms. The van der Waals surface area contributed by atoms with Gasteiger partial charge in [0.1, 0.15) is 11.7 Å². The highest BCUT2D eigenvalue weighted by Gasteiger charge is 2.41. The van der Waals surface area contributed by atoms with Crippen molar-refractivity contribution in [2.24, 2.45) is 0 Å². The fourth-order valence-corrected chi connectivity index (χ4v) is 2.63. The Kier molecular flexibility index (Phi) is 3.13. The van der Waals surface area contributed by atoms with Crippen LogP contribution in [0.3, 0.4) is 0 Å². The van der Waals surface area contributed by atoms with E-state index in [4.69, 9.17) is 5.11 Å². The summed E-state index contributed by atoms with van der Waals surface area (Å²) in [6.45, 7) is 0.169. The number of carbonyl (C=O) groups excluding carboxylic acids is 2. The number of Topliss-reactive ketones (excluding diaryl/α,β-unsaturated/α-hetero) is 2. The molecule has 1 aliphatic heterocycles. The van der Waals surface area contributed by atoms with Crippen LogP contribution >= 0.6 is 0 Å². The van der Waals surface area contributed by atoms with Crippen molar-refractivity contribution < 1.29 is 19.5 Å². The molecule has 1 N–H and O–H groups in total. The summed E-state index contributed by atoms with van der Waals surface area (Å²) in [4.78, 5) is 40.8. The molecule has 0 fully saturated rings. The van der Waals surface area contributed by atoms with Crippen LogP contribution < -0.4 is 0 Å². The molecule has 0 radical (unpaired) electrons. The maximum absolute atomic E-state index is 12.3. The summed E-state index contributed by atoms with van der Waals surface area (Å²) in [6, 6.07) is 2.71. The van der Waals surface area contributed by atoms with E-state index in [-0.39, 0.29) is 18.7 Å².